The molecule has 0 fully saturated rings. The lowest BCUT2D eigenvalue weighted by Gasteiger charge is -2.23. The van der Waals surface area contributed by atoms with Crippen LogP contribution in [0.1, 0.15) is 37.0 Å². The van der Waals surface area contributed by atoms with Gasteiger partial charge >= 0.3 is 5.97 Å². The van der Waals surface area contributed by atoms with E-state index in [1.54, 1.807) is 0 Å². The zero-order valence-electron chi connectivity index (χ0n) is 14.1. The van der Waals surface area contributed by atoms with E-state index >= 15 is 0 Å². The molecule has 0 aliphatic carbocycles. The summed E-state index contributed by atoms with van der Waals surface area (Å²) in [6.07, 6.45) is 0.210. The number of esters is 1. The highest BCUT2D eigenvalue weighted by atomic mass is 16.5. The topological polar surface area (TPSA) is 59.0 Å². The highest BCUT2D eigenvalue weighted by Crippen LogP contribution is 2.19. The molecule has 0 radical (unpaired) electrons. The molecule has 0 bridgehead atoms. The van der Waals surface area contributed by atoms with Gasteiger partial charge < -0.3 is 4.74 Å². The summed E-state index contributed by atoms with van der Waals surface area (Å²) >= 11 is 0. The SMILES string of the molecule is C[C@@H](OC(=O)C1=NN(Cc2ccccc2)C(=O)CC1)c1ccccc1. The molecule has 5 heteroatoms. The van der Waals surface area contributed by atoms with E-state index in [-0.39, 0.29) is 18.4 Å². The number of nitrogens with zero attached hydrogens (tertiary/aromatic N) is 2. The lowest BCUT2D eigenvalue weighted by Crippen LogP contribution is -2.34. The van der Waals surface area contributed by atoms with Gasteiger partial charge in [-0.15, -0.1) is 0 Å². The zero-order valence-corrected chi connectivity index (χ0v) is 14.1. The van der Waals surface area contributed by atoms with Gasteiger partial charge in [-0.1, -0.05) is 60.7 Å². The van der Waals surface area contributed by atoms with E-state index in [4.69, 9.17) is 4.74 Å². The standard InChI is InChI=1S/C20H20N2O3/c1-15(17-10-6-3-7-11-17)25-20(24)18-12-13-19(23)22(21-18)14-16-8-4-2-5-9-16/h2-11,15H,12-14H2,1H3/t15-/m1/s1. The number of rotatable bonds is 5. The van der Waals surface area contributed by atoms with Crippen LogP contribution < -0.4 is 0 Å². The molecular formula is C20H20N2O3. The van der Waals surface area contributed by atoms with E-state index in [1.165, 1.54) is 5.01 Å². The molecule has 0 N–H and O–H groups in total. The third kappa shape index (κ3) is 4.32. The molecular weight excluding hydrogens is 316 g/mol. The van der Waals surface area contributed by atoms with E-state index in [0.717, 1.165) is 11.1 Å². The third-order valence-corrected chi connectivity index (χ3v) is 4.07. The van der Waals surface area contributed by atoms with Crippen molar-refractivity contribution in [1.82, 2.24) is 5.01 Å². The Bertz CT molecular complexity index is 772. The number of amides is 1. The molecule has 0 saturated carbocycles. The van der Waals surface area contributed by atoms with Gasteiger partial charge in [-0.25, -0.2) is 9.80 Å². The second-order valence-corrected chi connectivity index (χ2v) is 5.94. The van der Waals surface area contributed by atoms with Crippen molar-refractivity contribution in [3.05, 3.63) is 71.8 Å². The summed E-state index contributed by atoms with van der Waals surface area (Å²) in [5.74, 6) is -0.557. The van der Waals surface area contributed by atoms with Crippen molar-refractivity contribution in [3.8, 4) is 0 Å². The number of ether oxygens (including phenoxy) is 1. The van der Waals surface area contributed by atoms with Crippen LogP contribution in [0.3, 0.4) is 0 Å². The van der Waals surface area contributed by atoms with Crippen molar-refractivity contribution in [2.45, 2.75) is 32.4 Å². The first kappa shape index (κ1) is 16.9. The highest BCUT2D eigenvalue weighted by Gasteiger charge is 2.26. The zero-order chi connectivity index (χ0) is 17.6. The fraction of sp³-hybridized carbons (Fsp3) is 0.250. The number of hydrogen-bond acceptors (Lipinski definition) is 4. The van der Waals surface area contributed by atoms with E-state index < -0.39 is 5.97 Å². The Hall–Kier alpha value is -2.95. The second-order valence-electron chi connectivity index (χ2n) is 5.94. The number of hydrogen-bond donors (Lipinski definition) is 0. The Morgan fingerprint density at radius 3 is 2.40 bits per heavy atom. The largest absolute Gasteiger partial charge is 0.453 e. The van der Waals surface area contributed by atoms with Gasteiger partial charge in [0.25, 0.3) is 0 Å². The highest BCUT2D eigenvalue weighted by molar-refractivity contribution is 6.37. The Morgan fingerprint density at radius 1 is 1.08 bits per heavy atom. The molecule has 0 unspecified atom stereocenters. The summed E-state index contributed by atoms with van der Waals surface area (Å²) in [5.41, 5.74) is 2.18. The van der Waals surface area contributed by atoms with Gasteiger partial charge in [-0.05, 0) is 18.1 Å². The maximum absolute atomic E-state index is 12.4. The van der Waals surface area contributed by atoms with Crippen molar-refractivity contribution in [1.29, 1.82) is 0 Å². The molecule has 128 valence electrons. The molecule has 3 rings (SSSR count). The Labute approximate surface area is 146 Å². The minimum absolute atomic E-state index is 0.0866. The lowest BCUT2D eigenvalue weighted by atomic mass is 10.1. The van der Waals surface area contributed by atoms with Crippen LogP contribution in [0.15, 0.2) is 65.8 Å². The van der Waals surface area contributed by atoms with Gasteiger partial charge in [0.2, 0.25) is 5.91 Å². The number of carbonyl (C=O) groups excluding carboxylic acids is 2. The summed E-state index contributed by atoms with van der Waals surface area (Å²) in [4.78, 5) is 24.5. The van der Waals surface area contributed by atoms with Gasteiger partial charge in [0.05, 0.1) is 6.54 Å². The van der Waals surface area contributed by atoms with Crippen LogP contribution in [0.5, 0.6) is 0 Å². The van der Waals surface area contributed by atoms with Crippen LogP contribution in [0.25, 0.3) is 0 Å². The van der Waals surface area contributed by atoms with E-state index in [2.05, 4.69) is 5.10 Å². The average Bonchev–Trinajstić information content (AvgIpc) is 2.65. The summed E-state index contributed by atoms with van der Waals surface area (Å²) in [6.45, 7) is 2.17. The van der Waals surface area contributed by atoms with Crippen molar-refractivity contribution >= 4 is 17.6 Å². The van der Waals surface area contributed by atoms with Gasteiger partial charge in [-0.2, -0.15) is 5.10 Å². The van der Waals surface area contributed by atoms with Crippen molar-refractivity contribution in [2.75, 3.05) is 0 Å². The van der Waals surface area contributed by atoms with Crippen LogP contribution in [0, 0.1) is 0 Å². The first-order valence-electron chi connectivity index (χ1n) is 8.31. The molecule has 1 amide bonds. The average molecular weight is 336 g/mol. The maximum Gasteiger partial charge on any atom is 0.355 e. The van der Waals surface area contributed by atoms with Crippen LogP contribution >= 0.6 is 0 Å². The van der Waals surface area contributed by atoms with E-state index in [9.17, 15) is 9.59 Å². The maximum atomic E-state index is 12.4. The number of benzene rings is 2. The Balaban J connectivity index is 1.69. The molecule has 1 heterocycles. The first-order valence-corrected chi connectivity index (χ1v) is 8.31. The minimum Gasteiger partial charge on any atom is -0.453 e. The molecule has 2 aromatic carbocycles. The van der Waals surface area contributed by atoms with Gasteiger partial charge in [0.15, 0.2) is 0 Å². The molecule has 25 heavy (non-hydrogen) atoms. The fourth-order valence-corrected chi connectivity index (χ4v) is 2.65. The predicted molar refractivity (Wildman–Crippen MR) is 94.6 cm³/mol. The molecule has 1 atom stereocenters. The second kappa shape index (κ2) is 7.75. The molecule has 1 aliphatic rings. The molecule has 2 aromatic rings. The van der Waals surface area contributed by atoms with Crippen LogP contribution in [0.2, 0.25) is 0 Å². The smallest absolute Gasteiger partial charge is 0.355 e. The van der Waals surface area contributed by atoms with Gasteiger partial charge in [-0.3, -0.25) is 4.79 Å². The van der Waals surface area contributed by atoms with E-state index in [0.29, 0.717) is 18.7 Å². The van der Waals surface area contributed by atoms with Crippen molar-refractivity contribution in [2.24, 2.45) is 5.10 Å². The van der Waals surface area contributed by atoms with Crippen LogP contribution in [0.4, 0.5) is 0 Å². The van der Waals surface area contributed by atoms with Gasteiger partial charge in [0.1, 0.15) is 11.8 Å². The lowest BCUT2D eigenvalue weighted by molar-refractivity contribution is -0.141. The molecule has 1 aliphatic heterocycles. The monoisotopic (exact) mass is 336 g/mol. The summed E-state index contributed by atoms with van der Waals surface area (Å²) in [5, 5.41) is 5.58. The quantitative estimate of drug-likeness (QED) is 0.786. The summed E-state index contributed by atoms with van der Waals surface area (Å²) in [7, 11) is 0. The molecule has 0 spiro atoms. The fourth-order valence-electron chi connectivity index (χ4n) is 2.65. The Morgan fingerprint density at radius 2 is 1.72 bits per heavy atom. The van der Waals surface area contributed by atoms with E-state index in [1.807, 2.05) is 67.6 Å². The van der Waals surface area contributed by atoms with Gasteiger partial charge in [0, 0.05) is 12.8 Å². The summed E-state index contributed by atoms with van der Waals surface area (Å²) in [6, 6.07) is 19.1. The van der Waals surface area contributed by atoms with Crippen LogP contribution in [-0.2, 0) is 20.9 Å². The predicted octanol–water partition coefficient (Wildman–Crippen LogP) is 3.47. The molecule has 0 aromatic heterocycles. The molecule has 5 nitrogen and oxygen atoms in total. The van der Waals surface area contributed by atoms with Crippen molar-refractivity contribution in [3.63, 3.8) is 0 Å². The number of hydrazone groups is 1. The van der Waals surface area contributed by atoms with Crippen LogP contribution in [-0.4, -0.2) is 22.6 Å². The third-order valence-electron chi connectivity index (χ3n) is 4.07. The minimum atomic E-state index is -0.470. The summed E-state index contributed by atoms with van der Waals surface area (Å²) < 4.78 is 5.50. The first-order chi connectivity index (χ1) is 12.1. The number of carbonyl (C=O) groups is 2. The Kier molecular flexibility index (Phi) is 5.23. The normalized spacial score (nSPS) is 15.5. The molecule has 0 saturated heterocycles. The van der Waals surface area contributed by atoms with Crippen molar-refractivity contribution < 1.29 is 14.3 Å².